The van der Waals surface area contributed by atoms with Gasteiger partial charge in [0.05, 0.1) is 0 Å². The third-order valence-electron chi connectivity index (χ3n) is 1.89. The van der Waals surface area contributed by atoms with Crippen LogP contribution in [0.1, 0.15) is 20.8 Å². The SMILES string of the molecule is CCN(CC)c1ncn(CC)n1. The smallest absolute Gasteiger partial charge is 0.244 e. The van der Waals surface area contributed by atoms with Crippen molar-refractivity contribution >= 4 is 5.95 Å². The van der Waals surface area contributed by atoms with E-state index in [1.807, 2.05) is 4.68 Å². The average Bonchev–Trinajstić information content (AvgIpc) is 2.55. The lowest BCUT2D eigenvalue weighted by Gasteiger charge is -2.15. The predicted molar refractivity (Wildman–Crippen MR) is 49.3 cm³/mol. The van der Waals surface area contributed by atoms with Gasteiger partial charge in [0.15, 0.2) is 0 Å². The van der Waals surface area contributed by atoms with Crippen LogP contribution in [-0.4, -0.2) is 27.9 Å². The van der Waals surface area contributed by atoms with Crippen molar-refractivity contribution < 1.29 is 0 Å². The van der Waals surface area contributed by atoms with E-state index in [0.717, 1.165) is 25.6 Å². The molecular formula is C8H16N4. The average molecular weight is 168 g/mol. The molecule has 1 aromatic rings. The molecule has 0 N–H and O–H groups in total. The molecule has 0 fully saturated rings. The third-order valence-corrected chi connectivity index (χ3v) is 1.89. The molecule has 0 aliphatic heterocycles. The molecule has 0 saturated carbocycles. The summed E-state index contributed by atoms with van der Waals surface area (Å²) in [6.07, 6.45) is 1.77. The largest absolute Gasteiger partial charge is 0.340 e. The lowest BCUT2D eigenvalue weighted by molar-refractivity contribution is 0.652. The molecule has 0 saturated heterocycles. The summed E-state index contributed by atoms with van der Waals surface area (Å²) >= 11 is 0. The molecule has 0 aliphatic carbocycles. The fourth-order valence-corrected chi connectivity index (χ4v) is 1.09. The zero-order valence-electron chi connectivity index (χ0n) is 7.99. The van der Waals surface area contributed by atoms with E-state index in [1.165, 1.54) is 0 Å². The predicted octanol–water partition coefficient (Wildman–Crippen LogP) is 1.14. The Morgan fingerprint density at radius 3 is 2.42 bits per heavy atom. The number of rotatable bonds is 4. The monoisotopic (exact) mass is 168 g/mol. The molecule has 4 heteroatoms. The second-order valence-electron chi connectivity index (χ2n) is 2.57. The highest BCUT2D eigenvalue weighted by Gasteiger charge is 2.05. The van der Waals surface area contributed by atoms with Gasteiger partial charge in [0.1, 0.15) is 6.33 Å². The van der Waals surface area contributed by atoms with Crippen LogP contribution in [0, 0.1) is 0 Å². The molecule has 1 rings (SSSR count). The first-order chi connectivity index (χ1) is 5.81. The fourth-order valence-electron chi connectivity index (χ4n) is 1.09. The van der Waals surface area contributed by atoms with Crippen molar-refractivity contribution in [1.82, 2.24) is 14.8 Å². The molecule has 0 atom stereocenters. The Hall–Kier alpha value is -1.06. The Bertz CT molecular complexity index is 227. The summed E-state index contributed by atoms with van der Waals surface area (Å²) in [5.74, 6) is 0.835. The molecule has 0 radical (unpaired) electrons. The molecule has 0 bridgehead atoms. The van der Waals surface area contributed by atoms with Crippen molar-refractivity contribution in [2.45, 2.75) is 27.3 Å². The summed E-state index contributed by atoms with van der Waals surface area (Å²) < 4.78 is 1.84. The van der Waals surface area contributed by atoms with Crippen LogP contribution in [0.5, 0.6) is 0 Å². The summed E-state index contributed by atoms with van der Waals surface area (Å²) in [6, 6.07) is 0. The Morgan fingerprint density at radius 2 is 2.00 bits per heavy atom. The first-order valence-electron chi connectivity index (χ1n) is 4.46. The quantitative estimate of drug-likeness (QED) is 0.676. The molecule has 0 amide bonds. The molecule has 0 unspecified atom stereocenters. The van der Waals surface area contributed by atoms with Crippen LogP contribution in [0.4, 0.5) is 5.95 Å². The van der Waals surface area contributed by atoms with Crippen LogP contribution in [-0.2, 0) is 6.54 Å². The van der Waals surface area contributed by atoms with Crippen molar-refractivity contribution in [3.8, 4) is 0 Å². The Balaban J connectivity index is 2.72. The third kappa shape index (κ3) is 1.75. The molecule has 1 heterocycles. The molecule has 4 nitrogen and oxygen atoms in total. The highest BCUT2D eigenvalue weighted by molar-refractivity contribution is 5.26. The molecule has 12 heavy (non-hydrogen) atoms. The molecule has 0 aliphatic rings. The zero-order valence-corrected chi connectivity index (χ0v) is 7.99. The summed E-state index contributed by atoms with van der Waals surface area (Å²) in [4.78, 5) is 6.34. The summed E-state index contributed by atoms with van der Waals surface area (Å²) in [7, 11) is 0. The lowest BCUT2D eigenvalue weighted by atomic mass is 10.5. The summed E-state index contributed by atoms with van der Waals surface area (Å²) in [6.45, 7) is 9.08. The van der Waals surface area contributed by atoms with E-state index in [1.54, 1.807) is 6.33 Å². The molecule has 0 spiro atoms. The van der Waals surface area contributed by atoms with Gasteiger partial charge in [0.2, 0.25) is 5.95 Å². The normalized spacial score (nSPS) is 10.2. The Morgan fingerprint density at radius 1 is 1.33 bits per heavy atom. The first-order valence-corrected chi connectivity index (χ1v) is 4.46. The minimum Gasteiger partial charge on any atom is -0.340 e. The second kappa shape index (κ2) is 4.09. The van der Waals surface area contributed by atoms with E-state index >= 15 is 0 Å². The van der Waals surface area contributed by atoms with Crippen LogP contribution < -0.4 is 4.90 Å². The fraction of sp³-hybridized carbons (Fsp3) is 0.750. The van der Waals surface area contributed by atoms with Crippen LogP contribution in [0.15, 0.2) is 6.33 Å². The van der Waals surface area contributed by atoms with Crippen molar-refractivity contribution in [1.29, 1.82) is 0 Å². The van der Waals surface area contributed by atoms with Gasteiger partial charge in [-0.2, -0.15) is 0 Å². The number of aromatic nitrogens is 3. The van der Waals surface area contributed by atoms with Crippen LogP contribution in [0.3, 0.4) is 0 Å². The second-order valence-corrected chi connectivity index (χ2v) is 2.57. The van der Waals surface area contributed by atoms with Gasteiger partial charge in [-0.25, -0.2) is 4.98 Å². The molecule has 0 aromatic carbocycles. The highest BCUT2D eigenvalue weighted by Crippen LogP contribution is 2.04. The Kier molecular flexibility index (Phi) is 3.08. The van der Waals surface area contributed by atoms with E-state index < -0.39 is 0 Å². The van der Waals surface area contributed by atoms with Gasteiger partial charge in [-0.15, -0.1) is 5.10 Å². The van der Waals surface area contributed by atoms with Crippen molar-refractivity contribution in [3.63, 3.8) is 0 Å². The molecular weight excluding hydrogens is 152 g/mol. The number of hydrogen-bond acceptors (Lipinski definition) is 3. The summed E-state index contributed by atoms with van der Waals surface area (Å²) in [5, 5.41) is 4.30. The van der Waals surface area contributed by atoms with Gasteiger partial charge in [-0.05, 0) is 20.8 Å². The first kappa shape index (κ1) is 9.03. The summed E-state index contributed by atoms with van der Waals surface area (Å²) in [5.41, 5.74) is 0. The van der Waals surface area contributed by atoms with E-state index in [9.17, 15) is 0 Å². The van der Waals surface area contributed by atoms with Gasteiger partial charge in [0.25, 0.3) is 0 Å². The molecule has 1 aromatic heterocycles. The zero-order chi connectivity index (χ0) is 8.97. The van der Waals surface area contributed by atoms with Crippen LogP contribution >= 0.6 is 0 Å². The number of aryl methyl sites for hydroxylation is 1. The van der Waals surface area contributed by atoms with Gasteiger partial charge >= 0.3 is 0 Å². The minimum absolute atomic E-state index is 0.835. The number of nitrogens with zero attached hydrogens (tertiary/aromatic N) is 4. The number of hydrogen-bond donors (Lipinski definition) is 0. The maximum atomic E-state index is 4.30. The van der Waals surface area contributed by atoms with Crippen LogP contribution in [0.25, 0.3) is 0 Å². The van der Waals surface area contributed by atoms with E-state index in [4.69, 9.17) is 0 Å². The lowest BCUT2D eigenvalue weighted by Crippen LogP contribution is -2.23. The maximum Gasteiger partial charge on any atom is 0.244 e. The van der Waals surface area contributed by atoms with E-state index in [2.05, 4.69) is 35.8 Å². The Labute approximate surface area is 73.2 Å². The molecule has 68 valence electrons. The maximum absolute atomic E-state index is 4.30. The topological polar surface area (TPSA) is 34.0 Å². The highest BCUT2D eigenvalue weighted by atomic mass is 15.4. The van der Waals surface area contributed by atoms with Crippen molar-refractivity contribution in [3.05, 3.63) is 6.33 Å². The number of anilines is 1. The van der Waals surface area contributed by atoms with Gasteiger partial charge < -0.3 is 4.90 Å². The van der Waals surface area contributed by atoms with Crippen molar-refractivity contribution in [2.24, 2.45) is 0 Å². The minimum atomic E-state index is 0.835. The van der Waals surface area contributed by atoms with Gasteiger partial charge in [0, 0.05) is 19.6 Å². The van der Waals surface area contributed by atoms with Gasteiger partial charge in [-0.1, -0.05) is 0 Å². The van der Waals surface area contributed by atoms with E-state index in [0.29, 0.717) is 0 Å². The van der Waals surface area contributed by atoms with Gasteiger partial charge in [-0.3, -0.25) is 4.68 Å². The standard InChI is InChI=1S/C8H16N4/c1-4-11(5-2)8-9-7-12(6-3)10-8/h7H,4-6H2,1-3H3. The van der Waals surface area contributed by atoms with Crippen molar-refractivity contribution in [2.75, 3.05) is 18.0 Å². The van der Waals surface area contributed by atoms with Crippen LogP contribution in [0.2, 0.25) is 0 Å². The van der Waals surface area contributed by atoms with E-state index in [-0.39, 0.29) is 0 Å².